The number of nitrogens with one attached hydrogen (secondary N) is 1. The van der Waals surface area contributed by atoms with Gasteiger partial charge in [-0.1, -0.05) is 6.07 Å². The van der Waals surface area contributed by atoms with Gasteiger partial charge in [0.1, 0.15) is 5.75 Å². The fourth-order valence-electron chi connectivity index (χ4n) is 1.84. The molecule has 1 N–H and O–H groups in total. The SMILES string of the molecule is COC(=O)Cc1ccc2c(c1)NC(=O)[C@@H](CCCl)O2. The molecule has 1 aromatic rings. The molecule has 1 aliphatic rings. The first kappa shape index (κ1) is 13.7. The minimum atomic E-state index is -0.559. The molecule has 102 valence electrons. The second kappa shape index (κ2) is 5.93. The van der Waals surface area contributed by atoms with E-state index < -0.39 is 6.10 Å². The van der Waals surface area contributed by atoms with Crippen molar-refractivity contribution in [3.63, 3.8) is 0 Å². The fourth-order valence-corrected chi connectivity index (χ4v) is 2.03. The van der Waals surface area contributed by atoms with Gasteiger partial charge in [0.05, 0.1) is 19.2 Å². The molecule has 0 unspecified atom stereocenters. The number of halogens is 1. The zero-order valence-electron chi connectivity index (χ0n) is 10.4. The Bertz CT molecular complexity index is 503. The van der Waals surface area contributed by atoms with Gasteiger partial charge in [-0.25, -0.2) is 0 Å². The van der Waals surface area contributed by atoms with Crippen molar-refractivity contribution in [3.8, 4) is 5.75 Å². The van der Waals surface area contributed by atoms with E-state index in [0.717, 1.165) is 5.56 Å². The van der Waals surface area contributed by atoms with Crippen LogP contribution in [0, 0.1) is 0 Å². The molecule has 1 atom stereocenters. The third kappa shape index (κ3) is 3.17. The molecule has 5 nitrogen and oxygen atoms in total. The molecule has 2 rings (SSSR count). The number of carbonyl (C=O) groups excluding carboxylic acids is 2. The fraction of sp³-hybridized carbons (Fsp3) is 0.385. The maximum absolute atomic E-state index is 11.8. The summed E-state index contributed by atoms with van der Waals surface area (Å²) in [5, 5.41) is 2.75. The van der Waals surface area contributed by atoms with Crippen LogP contribution in [0.25, 0.3) is 0 Å². The van der Waals surface area contributed by atoms with Crippen molar-refractivity contribution in [3.05, 3.63) is 23.8 Å². The van der Waals surface area contributed by atoms with E-state index in [-0.39, 0.29) is 18.3 Å². The molecule has 1 heterocycles. The van der Waals surface area contributed by atoms with Crippen LogP contribution in [-0.2, 0) is 20.7 Å². The lowest BCUT2D eigenvalue weighted by atomic mass is 10.1. The number of amides is 1. The van der Waals surface area contributed by atoms with E-state index in [0.29, 0.717) is 23.7 Å². The van der Waals surface area contributed by atoms with Crippen LogP contribution in [0.5, 0.6) is 5.75 Å². The zero-order chi connectivity index (χ0) is 13.8. The van der Waals surface area contributed by atoms with Gasteiger partial charge in [-0.15, -0.1) is 11.6 Å². The first-order valence-electron chi connectivity index (χ1n) is 5.87. The summed E-state index contributed by atoms with van der Waals surface area (Å²) in [6.07, 6.45) is 0.0538. The summed E-state index contributed by atoms with van der Waals surface area (Å²) in [5.74, 6) is 0.392. The van der Waals surface area contributed by atoms with Gasteiger partial charge >= 0.3 is 5.97 Å². The highest BCUT2D eigenvalue weighted by Crippen LogP contribution is 2.31. The van der Waals surface area contributed by atoms with E-state index in [9.17, 15) is 9.59 Å². The van der Waals surface area contributed by atoms with Gasteiger partial charge in [-0.05, 0) is 17.7 Å². The van der Waals surface area contributed by atoms with Crippen LogP contribution in [0.3, 0.4) is 0 Å². The molecule has 0 saturated heterocycles. The largest absolute Gasteiger partial charge is 0.478 e. The van der Waals surface area contributed by atoms with Crippen LogP contribution in [-0.4, -0.2) is 31.0 Å². The van der Waals surface area contributed by atoms with Crippen LogP contribution in [0.4, 0.5) is 5.69 Å². The number of hydrogen-bond donors (Lipinski definition) is 1. The van der Waals surface area contributed by atoms with E-state index in [1.165, 1.54) is 7.11 Å². The number of hydrogen-bond acceptors (Lipinski definition) is 4. The Balaban J connectivity index is 2.16. The van der Waals surface area contributed by atoms with Crippen molar-refractivity contribution in [2.45, 2.75) is 18.9 Å². The average Bonchev–Trinajstić information content (AvgIpc) is 2.40. The Morgan fingerprint density at radius 1 is 1.53 bits per heavy atom. The second-order valence-electron chi connectivity index (χ2n) is 4.16. The number of alkyl halides is 1. The maximum atomic E-state index is 11.8. The Morgan fingerprint density at radius 2 is 2.32 bits per heavy atom. The highest BCUT2D eigenvalue weighted by atomic mass is 35.5. The third-order valence-electron chi connectivity index (χ3n) is 2.81. The number of ether oxygens (including phenoxy) is 2. The molecule has 6 heteroatoms. The van der Waals surface area contributed by atoms with E-state index in [1.54, 1.807) is 18.2 Å². The molecule has 0 radical (unpaired) electrons. The maximum Gasteiger partial charge on any atom is 0.309 e. The molecular weight excluding hydrogens is 270 g/mol. The van der Waals surface area contributed by atoms with Gasteiger partial charge in [0, 0.05) is 12.3 Å². The molecule has 19 heavy (non-hydrogen) atoms. The molecule has 0 fully saturated rings. The first-order valence-corrected chi connectivity index (χ1v) is 6.40. The predicted molar refractivity (Wildman–Crippen MR) is 70.5 cm³/mol. The molecule has 0 aliphatic carbocycles. The first-order chi connectivity index (χ1) is 9.13. The monoisotopic (exact) mass is 283 g/mol. The summed E-state index contributed by atoms with van der Waals surface area (Å²) in [7, 11) is 1.34. The van der Waals surface area contributed by atoms with Crippen molar-refractivity contribution in [2.75, 3.05) is 18.3 Å². The topological polar surface area (TPSA) is 64.6 Å². The van der Waals surface area contributed by atoms with E-state index in [4.69, 9.17) is 16.3 Å². The summed E-state index contributed by atoms with van der Waals surface area (Å²) >= 11 is 5.61. The van der Waals surface area contributed by atoms with Gasteiger partial charge in [-0.3, -0.25) is 9.59 Å². The van der Waals surface area contributed by atoms with E-state index >= 15 is 0 Å². The van der Waals surface area contributed by atoms with Gasteiger partial charge in [-0.2, -0.15) is 0 Å². The quantitative estimate of drug-likeness (QED) is 0.675. The van der Waals surface area contributed by atoms with Crippen molar-refractivity contribution in [1.29, 1.82) is 0 Å². The van der Waals surface area contributed by atoms with Crippen LogP contribution < -0.4 is 10.1 Å². The molecule has 0 saturated carbocycles. The lowest BCUT2D eigenvalue weighted by Crippen LogP contribution is -2.37. The number of fused-ring (bicyclic) bond motifs is 1. The van der Waals surface area contributed by atoms with Gasteiger partial charge in [0.15, 0.2) is 6.10 Å². The lowest BCUT2D eigenvalue weighted by molar-refractivity contribution is -0.139. The van der Waals surface area contributed by atoms with E-state index in [1.807, 2.05) is 0 Å². The number of rotatable bonds is 4. The van der Waals surface area contributed by atoms with Crippen molar-refractivity contribution < 1.29 is 19.1 Å². The molecule has 0 aromatic heterocycles. The predicted octanol–water partition coefficient (Wildman–Crippen LogP) is 1.73. The van der Waals surface area contributed by atoms with Crippen LogP contribution in [0.15, 0.2) is 18.2 Å². The number of carbonyl (C=O) groups is 2. The minimum absolute atomic E-state index is 0.157. The standard InChI is InChI=1S/C13H14ClNO4/c1-18-12(16)7-8-2-3-10-9(6-8)15-13(17)11(19-10)4-5-14/h2-3,6,11H,4-5,7H2,1H3,(H,15,17)/t11-/m1/s1. The number of anilines is 1. The van der Waals surface area contributed by atoms with Crippen LogP contribution in [0.2, 0.25) is 0 Å². The van der Waals surface area contributed by atoms with Crippen LogP contribution in [0.1, 0.15) is 12.0 Å². The summed E-state index contributed by atoms with van der Waals surface area (Å²) in [6, 6.07) is 5.21. The summed E-state index contributed by atoms with van der Waals surface area (Å²) < 4.78 is 10.2. The zero-order valence-corrected chi connectivity index (χ0v) is 11.2. The normalized spacial score (nSPS) is 17.2. The molecule has 1 aliphatic heterocycles. The lowest BCUT2D eigenvalue weighted by Gasteiger charge is -2.25. The van der Waals surface area contributed by atoms with Gasteiger partial charge in [0.25, 0.3) is 5.91 Å². The third-order valence-corrected chi connectivity index (χ3v) is 3.03. The minimum Gasteiger partial charge on any atom is -0.478 e. The van der Waals surface area contributed by atoms with Crippen molar-refractivity contribution >= 4 is 29.2 Å². The summed E-state index contributed by atoms with van der Waals surface area (Å²) in [6.45, 7) is 0. The number of methoxy groups -OCH3 is 1. The van der Waals surface area contributed by atoms with Gasteiger partial charge < -0.3 is 14.8 Å². The highest BCUT2D eigenvalue weighted by molar-refractivity contribution is 6.18. The number of benzene rings is 1. The van der Waals surface area contributed by atoms with Gasteiger partial charge in [0.2, 0.25) is 0 Å². The summed E-state index contributed by atoms with van der Waals surface area (Å²) in [5.41, 5.74) is 1.32. The highest BCUT2D eigenvalue weighted by Gasteiger charge is 2.27. The van der Waals surface area contributed by atoms with Crippen LogP contribution >= 0.6 is 11.6 Å². The average molecular weight is 284 g/mol. The van der Waals surface area contributed by atoms with Crippen molar-refractivity contribution in [2.24, 2.45) is 0 Å². The number of esters is 1. The smallest absolute Gasteiger partial charge is 0.309 e. The van der Waals surface area contributed by atoms with E-state index in [2.05, 4.69) is 10.1 Å². The Labute approximate surface area is 115 Å². The Kier molecular flexibility index (Phi) is 4.27. The Hall–Kier alpha value is -1.75. The second-order valence-corrected chi connectivity index (χ2v) is 4.53. The molecule has 0 bridgehead atoms. The summed E-state index contributed by atoms with van der Waals surface area (Å²) in [4.78, 5) is 22.9. The Morgan fingerprint density at radius 3 is 3.00 bits per heavy atom. The van der Waals surface area contributed by atoms with Crippen molar-refractivity contribution in [1.82, 2.24) is 0 Å². The molecule has 1 aromatic carbocycles. The molecule has 1 amide bonds. The molecule has 0 spiro atoms. The molecular formula is C13H14ClNO4.